The number of amides is 1. The summed E-state index contributed by atoms with van der Waals surface area (Å²) in [6.45, 7) is 0.570. The van der Waals surface area contributed by atoms with Crippen molar-refractivity contribution >= 4 is 28.2 Å². The van der Waals surface area contributed by atoms with Crippen LogP contribution < -0.4 is 20.2 Å². The lowest BCUT2D eigenvalue weighted by Gasteiger charge is -2.08. The summed E-state index contributed by atoms with van der Waals surface area (Å²) in [7, 11) is 1.55. The van der Waals surface area contributed by atoms with Crippen LogP contribution in [-0.4, -0.2) is 19.6 Å². The molecule has 2 aromatic carbocycles. The molecule has 4 rings (SSSR count). The first-order valence-electron chi connectivity index (χ1n) is 9.32. The van der Waals surface area contributed by atoms with E-state index in [4.69, 9.17) is 13.9 Å². The van der Waals surface area contributed by atoms with E-state index in [1.807, 2.05) is 17.5 Å². The van der Waals surface area contributed by atoms with E-state index in [-0.39, 0.29) is 17.1 Å². The zero-order valence-electron chi connectivity index (χ0n) is 16.2. The highest BCUT2D eigenvalue weighted by atomic mass is 32.1. The molecule has 0 fully saturated rings. The number of benzene rings is 2. The van der Waals surface area contributed by atoms with Crippen molar-refractivity contribution in [2.45, 2.75) is 6.42 Å². The molecule has 2 aromatic heterocycles. The molecule has 0 spiro atoms. The van der Waals surface area contributed by atoms with Gasteiger partial charge in [-0.25, -0.2) is 0 Å². The van der Waals surface area contributed by atoms with E-state index < -0.39 is 0 Å². The third kappa shape index (κ3) is 4.36. The van der Waals surface area contributed by atoms with Crippen LogP contribution in [0.3, 0.4) is 0 Å². The van der Waals surface area contributed by atoms with Crippen molar-refractivity contribution in [2.24, 2.45) is 0 Å². The highest BCUT2D eigenvalue weighted by Crippen LogP contribution is 2.24. The van der Waals surface area contributed by atoms with Gasteiger partial charge in [0.25, 0.3) is 5.91 Å². The van der Waals surface area contributed by atoms with Gasteiger partial charge in [-0.3, -0.25) is 9.59 Å². The van der Waals surface area contributed by atoms with Crippen molar-refractivity contribution in [1.82, 2.24) is 5.32 Å². The summed E-state index contributed by atoms with van der Waals surface area (Å²) >= 11 is 1.67. The zero-order chi connectivity index (χ0) is 20.9. The standard InChI is InChI=1S/C23H19NO5S/c1-27-17-8-9-19-20(13-17)28-14-21(22(19)25)29-16-6-4-15(5-7-16)23(26)24-11-10-18-3-2-12-30-18/h2-9,12-14H,10-11H2,1H3,(H,24,26). The van der Waals surface area contributed by atoms with Gasteiger partial charge in [-0.2, -0.15) is 0 Å². The Bertz CT molecular complexity index is 1210. The Morgan fingerprint density at radius 2 is 1.90 bits per heavy atom. The predicted molar refractivity (Wildman–Crippen MR) is 116 cm³/mol. The molecule has 2 heterocycles. The molecule has 0 aliphatic carbocycles. The van der Waals surface area contributed by atoms with E-state index in [2.05, 4.69) is 5.32 Å². The molecule has 0 unspecified atom stereocenters. The Labute approximate surface area is 176 Å². The van der Waals surface area contributed by atoms with Gasteiger partial charge in [-0.15, -0.1) is 11.3 Å². The van der Waals surface area contributed by atoms with Crippen LogP contribution in [0.5, 0.6) is 17.2 Å². The molecule has 6 nitrogen and oxygen atoms in total. The van der Waals surface area contributed by atoms with Gasteiger partial charge in [0.05, 0.1) is 12.5 Å². The summed E-state index contributed by atoms with van der Waals surface area (Å²) in [5, 5.41) is 5.31. The van der Waals surface area contributed by atoms with E-state index >= 15 is 0 Å². The maximum absolute atomic E-state index is 12.6. The van der Waals surface area contributed by atoms with Crippen LogP contribution in [0.1, 0.15) is 15.2 Å². The predicted octanol–water partition coefficient (Wildman–Crippen LogP) is 4.63. The molecular formula is C23H19NO5S. The molecule has 0 radical (unpaired) electrons. The number of fused-ring (bicyclic) bond motifs is 1. The average Bonchev–Trinajstić information content (AvgIpc) is 3.29. The summed E-state index contributed by atoms with van der Waals surface area (Å²) in [5.41, 5.74) is 0.654. The zero-order valence-corrected chi connectivity index (χ0v) is 17.0. The number of methoxy groups -OCH3 is 1. The first-order chi connectivity index (χ1) is 14.6. The van der Waals surface area contributed by atoms with E-state index in [0.717, 1.165) is 6.42 Å². The molecule has 0 saturated heterocycles. The molecule has 0 saturated carbocycles. The van der Waals surface area contributed by atoms with Crippen molar-refractivity contribution in [3.8, 4) is 17.2 Å². The number of nitrogens with one attached hydrogen (secondary N) is 1. The normalized spacial score (nSPS) is 10.7. The highest BCUT2D eigenvalue weighted by Gasteiger charge is 2.11. The third-order valence-corrected chi connectivity index (χ3v) is 5.47. The summed E-state index contributed by atoms with van der Waals surface area (Å²) in [5.74, 6) is 0.951. The lowest BCUT2D eigenvalue weighted by Crippen LogP contribution is -2.25. The van der Waals surface area contributed by atoms with Gasteiger partial charge in [0.1, 0.15) is 23.3 Å². The van der Waals surface area contributed by atoms with E-state index in [1.165, 1.54) is 11.1 Å². The molecule has 7 heteroatoms. The Hall–Kier alpha value is -3.58. The monoisotopic (exact) mass is 421 g/mol. The number of carbonyl (C=O) groups is 1. The van der Waals surface area contributed by atoms with Gasteiger partial charge >= 0.3 is 0 Å². The lowest BCUT2D eigenvalue weighted by atomic mass is 10.2. The lowest BCUT2D eigenvalue weighted by molar-refractivity contribution is 0.0954. The summed E-state index contributed by atoms with van der Waals surface area (Å²) < 4.78 is 16.3. The number of thiophene rings is 1. The molecule has 0 bridgehead atoms. The minimum Gasteiger partial charge on any atom is -0.497 e. The molecule has 1 N–H and O–H groups in total. The molecule has 0 aliphatic heterocycles. The smallest absolute Gasteiger partial charge is 0.251 e. The number of carbonyl (C=O) groups excluding carboxylic acids is 1. The summed E-state index contributed by atoms with van der Waals surface area (Å²) in [6.07, 6.45) is 2.07. The molecule has 30 heavy (non-hydrogen) atoms. The second-order valence-electron chi connectivity index (χ2n) is 6.50. The van der Waals surface area contributed by atoms with E-state index in [1.54, 1.807) is 60.9 Å². The largest absolute Gasteiger partial charge is 0.497 e. The van der Waals surface area contributed by atoms with Crippen LogP contribution in [0.2, 0.25) is 0 Å². The van der Waals surface area contributed by atoms with Crippen LogP contribution in [0.25, 0.3) is 11.0 Å². The Morgan fingerprint density at radius 3 is 2.63 bits per heavy atom. The van der Waals surface area contributed by atoms with Gasteiger partial charge in [0, 0.05) is 23.1 Å². The Morgan fingerprint density at radius 1 is 1.10 bits per heavy atom. The van der Waals surface area contributed by atoms with Gasteiger partial charge in [0.15, 0.2) is 0 Å². The van der Waals surface area contributed by atoms with Gasteiger partial charge in [-0.1, -0.05) is 6.07 Å². The van der Waals surface area contributed by atoms with Crippen molar-refractivity contribution in [3.63, 3.8) is 0 Å². The molecule has 152 valence electrons. The minimum absolute atomic E-state index is 0.0702. The fourth-order valence-corrected chi connectivity index (χ4v) is 3.65. The maximum Gasteiger partial charge on any atom is 0.251 e. The SMILES string of the molecule is COc1ccc2c(=O)c(Oc3ccc(C(=O)NCCc4cccs4)cc3)coc2c1. The van der Waals surface area contributed by atoms with Crippen molar-refractivity contribution in [3.05, 3.63) is 86.9 Å². The molecule has 4 aromatic rings. The van der Waals surface area contributed by atoms with Crippen LogP contribution in [0.4, 0.5) is 0 Å². The Kier molecular flexibility index (Phi) is 5.81. The molecule has 1 amide bonds. The number of hydrogen-bond acceptors (Lipinski definition) is 6. The first-order valence-corrected chi connectivity index (χ1v) is 10.2. The highest BCUT2D eigenvalue weighted by molar-refractivity contribution is 7.09. The first kappa shape index (κ1) is 19.7. The molecular weight excluding hydrogens is 402 g/mol. The van der Waals surface area contributed by atoms with Gasteiger partial charge in [-0.05, 0) is 54.3 Å². The van der Waals surface area contributed by atoms with E-state index in [9.17, 15) is 9.59 Å². The van der Waals surface area contributed by atoms with E-state index in [0.29, 0.717) is 34.6 Å². The molecule has 0 aliphatic rings. The van der Waals surface area contributed by atoms with Crippen LogP contribution >= 0.6 is 11.3 Å². The second kappa shape index (κ2) is 8.84. The fraction of sp³-hybridized carbons (Fsp3) is 0.130. The Balaban J connectivity index is 1.42. The summed E-state index contributed by atoms with van der Waals surface area (Å²) in [4.78, 5) is 26.1. The fourth-order valence-electron chi connectivity index (χ4n) is 2.95. The van der Waals surface area contributed by atoms with Crippen LogP contribution in [-0.2, 0) is 6.42 Å². The minimum atomic E-state index is -0.283. The number of rotatable bonds is 7. The van der Waals surface area contributed by atoms with Crippen molar-refractivity contribution in [2.75, 3.05) is 13.7 Å². The quantitative estimate of drug-likeness (QED) is 0.471. The molecule has 0 atom stereocenters. The topological polar surface area (TPSA) is 77.8 Å². The van der Waals surface area contributed by atoms with Crippen molar-refractivity contribution in [1.29, 1.82) is 0 Å². The average molecular weight is 421 g/mol. The maximum atomic E-state index is 12.6. The number of ether oxygens (including phenoxy) is 2. The van der Waals surface area contributed by atoms with Gasteiger partial charge in [0.2, 0.25) is 11.2 Å². The second-order valence-corrected chi connectivity index (χ2v) is 7.54. The third-order valence-electron chi connectivity index (χ3n) is 4.53. The van der Waals surface area contributed by atoms with Crippen LogP contribution in [0.15, 0.2) is 75.5 Å². The summed E-state index contributed by atoms with van der Waals surface area (Å²) in [6, 6.07) is 15.6. The van der Waals surface area contributed by atoms with Gasteiger partial charge < -0.3 is 19.2 Å². The number of hydrogen-bond donors (Lipinski definition) is 1. The van der Waals surface area contributed by atoms with Crippen molar-refractivity contribution < 1.29 is 18.7 Å². The van der Waals surface area contributed by atoms with Crippen LogP contribution in [0, 0.1) is 0 Å².